The highest BCUT2D eigenvalue weighted by Crippen LogP contribution is 2.43. The first kappa shape index (κ1) is 10.7. The Hall–Kier alpha value is -2.16. The highest BCUT2D eigenvalue weighted by Gasteiger charge is 2.47. The smallest absolute Gasteiger partial charge is 0.321 e. The normalized spacial score (nSPS) is 25.1. The number of aryl methyl sites for hydroxylation is 1. The predicted molar refractivity (Wildman–Crippen MR) is 69.6 cm³/mol. The van der Waals surface area contributed by atoms with Crippen LogP contribution in [0.15, 0.2) is 36.4 Å². The number of rotatable bonds is 0. The first-order valence-electron chi connectivity index (χ1n) is 6.52. The van der Waals surface area contributed by atoms with Gasteiger partial charge in [0, 0.05) is 0 Å². The number of hydrogen-bond acceptors (Lipinski definition) is 3. The van der Waals surface area contributed by atoms with E-state index in [0.29, 0.717) is 6.42 Å². The SMILES string of the molecule is O=C1OC(=O)[C@H]2c3ccc4ccccc4c3CC[C@@H]12. The van der Waals surface area contributed by atoms with Gasteiger partial charge in [-0.1, -0.05) is 36.4 Å². The standard InChI is InChI=1S/C16H12O3/c17-15-13-8-7-11-10-4-2-1-3-9(10)5-6-12(11)14(13)16(18)19-15/h1-6,13-14H,7-8H2/t13-,14+/m1/s1. The second-order valence-corrected chi connectivity index (χ2v) is 5.22. The Morgan fingerprint density at radius 2 is 1.84 bits per heavy atom. The molecule has 1 aliphatic heterocycles. The molecule has 2 aromatic carbocycles. The molecule has 0 radical (unpaired) electrons. The molecule has 3 nitrogen and oxygen atoms in total. The van der Waals surface area contributed by atoms with Gasteiger partial charge in [-0.25, -0.2) is 0 Å². The Labute approximate surface area is 110 Å². The minimum absolute atomic E-state index is 0.277. The lowest BCUT2D eigenvalue weighted by Gasteiger charge is -2.24. The molecule has 0 saturated carbocycles. The highest BCUT2D eigenvalue weighted by molar-refractivity contribution is 6.01. The van der Waals surface area contributed by atoms with Gasteiger partial charge in [-0.15, -0.1) is 0 Å². The van der Waals surface area contributed by atoms with Gasteiger partial charge in [0.05, 0.1) is 11.8 Å². The summed E-state index contributed by atoms with van der Waals surface area (Å²) >= 11 is 0. The first-order chi connectivity index (χ1) is 9.25. The van der Waals surface area contributed by atoms with E-state index in [2.05, 4.69) is 12.1 Å². The van der Waals surface area contributed by atoms with Crippen LogP contribution in [-0.4, -0.2) is 11.9 Å². The fourth-order valence-corrected chi connectivity index (χ4v) is 3.39. The Kier molecular flexibility index (Phi) is 2.07. The van der Waals surface area contributed by atoms with Gasteiger partial charge in [0.1, 0.15) is 0 Å². The van der Waals surface area contributed by atoms with Crippen LogP contribution < -0.4 is 0 Å². The van der Waals surface area contributed by atoms with Crippen LogP contribution in [0.1, 0.15) is 23.5 Å². The molecule has 0 N–H and O–H groups in total. The Morgan fingerprint density at radius 1 is 1.00 bits per heavy atom. The van der Waals surface area contributed by atoms with Crippen molar-refractivity contribution in [2.24, 2.45) is 5.92 Å². The van der Waals surface area contributed by atoms with Gasteiger partial charge in [-0.3, -0.25) is 9.59 Å². The lowest BCUT2D eigenvalue weighted by Crippen LogP contribution is -2.23. The molecule has 94 valence electrons. The molecule has 0 amide bonds. The van der Waals surface area contributed by atoms with Crippen LogP contribution in [0.5, 0.6) is 0 Å². The van der Waals surface area contributed by atoms with Crippen molar-refractivity contribution >= 4 is 22.7 Å². The molecule has 2 aromatic rings. The third kappa shape index (κ3) is 1.38. The number of hydrogen-bond donors (Lipinski definition) is 0. The molecular formula is C16H12O3. The van der Waals surface area contributed by atoms with Crippen LogP contribution in [-0.2, 0) is 20.7 Å². The Balaban J connectivity index is 1.98. The number of carbonyl (C=O) groups is 2. The monoisotopic (exact) mass is 252 g/mol. The predicted octanol–water partition coefficient (Wildman–Crippen LogP) is 2.57. The Bertz CT molecular complexity index is 717. The first-order valence-corrected chi connectivity index (χ1v) is 6.52. The largest absolute Gasteiger partial charge is 0.392 e. The average molecular weight is 252 g/mol. The minimum Gasteiger partial charge on any atom is -0.392 e. The molecule has 0 aromatic heterocycles. The molecule has 3 heteroatoms. The van der Waals surface area contributed by atoms with Crippen LogP contribution in [0.2, 0.25) is 0 Å². The molecule has 2 atom stereocenters. The summed E-state index contributed by atoms with van der Waals surface area (Å²) in [5.41, 5.74) is 2.18. The summed E-state index contributed by atoms with van der Waals surface area (Å²) in [7, 11) is 0. The minimum atomic E-state index is -0.388. The van der Waals surface area contributed by atoms with E-state index in [4.69, 9.17) is 4.74 Å². The summed E-state index contributed by atoms with van der Waals surface area (Å²) in [6, 6.07) is 12.2. The number of fused-ring (bicyclic) bond motifs is 5. The second-order valence-electron chi connectivity index (χ2n) is 5.22. The van der Waals surface area contributed by atoms with E-state index in [1.165, 1.54) is 16.3 Å². The van der Waals surface area contributed by atoms with E-state index in [1.54, 1.807) is 0 Å². The van der Waals surface area contributed by atoms with Gasteiger partial charge in [-0.05, 0) is 34.7 Å². The van der Waals surface area contributed by atoms with Crippen molar-refractivity contribution in [2.75, 3.05) is 0 Å². The molecule has 4 rings (SSSR count). The summed E-state index contributed by atoms with van der Waals surface area (Å²) in [5, 5.41) is 2.36. The van der Waals surface area contributed by atoms with E-state index in [1.807, 2.05) is 24.3 Å². The maximum absolute atomic E-state index is 11.9. The number of carbonyl (C=O) groups excluding carboxylic acids is 2. The van der Waals surface area contributed by atoms with Crippen LogP contribution in [0.25, 0.3) is 10.8 Å². The molecule has 1 saturated heterocycles. The van der Waals surface area contributed by atoms with Gasteiger partial charge in [0.2, 0.25) is 0 Å². The van der Waals surface area contributed by atoms with E-state index < -0.39 is 0 Å². The molecule has 2 aliphatic rings. The summed E-state index contributed by atoms with van der Waals surface area (Å²) in [4.78, 5) is 23.5. The molecule has 0 unspecified atom stereocenters. The summed E-state index contributed by atoms with van der Waals surface area (Å²) in [5.74, 6) is -1.40. The van der Waals surface area contributed by atoms with Gasteiger partial charge >= 0.3 is 11.9 Å². The fourth-order valence-electron chi connectivity index (χ4n) is 3.39. The molecular weight excluding hydrogens is 240 g/mol. The van der Waals surface area contributed by atoms with Crippen molar-refractivity contribution in [3.8, 4) is 0 Å². The fraction of sp³-hybridized carbons (Fsp3) is 0.250. The Morgan fingerprint density at radius 3 is 2.74 bits per heavy atom. The zero-order valence-corrected chi connectivity index (χ0v) is 10.3. The van der Waals surface area contributed by atoms with Crippen LogP contribution in [0.4, 0.5) is 0 Å². The molecule has 1 fully saturated rings. The van der Waals surface area contributed by atoms with Crippen molar-refractivity contribution < 1.29 is 14.3 Å². The van der Waals surface area contributed by atoms with E-state index in [0.717, 1.165) is 12.0 Å². The van der Waals surface area contributed by atoms with E-state index in [9.17, 15) is 9.59 Å². The highest BCUT2D eigenvalue weighted by atomic mass is 16.6. The van der Waals surface area contributed by atoms with Crippen molar-refractivity contribution in [2.45, 2.75) is 18.8 Å². The van der Waals surface area contributed by atoms with Gasteiger partial charge in [0.25, 0.3) is 0 Å². The molecule has 19 heavy (non-hydrogen) atoms. The summed E-state index contributed by atoms with van der Waals surface area (Å²) < 4.78 is 4.80. The maximum atomic E-state index is 11.9. The zero-order valence-electron chi connectivity index (χ0n) is 10.3. The van der Waals surface area contributed by atoms with Crippen LogP contribution >= 0.6 is 0 Å². The number of cyclic esters (lactones) is 2. The van der Waals surface area contributed by atoms with Crippen molar-refractivity contribution in [1.29, 1.82) is 0 Å². The summed E-state index contributed by atoms with van der Waals surface area (Å²) in [6.45, 7) is 0. The van der Waals surface area contributed by atoms with E-state index >= 15 is 0 Å². The number of benzene rings is 2. The molecule has 0 bridgehead atoms. The summed E-state index contributed by atoms with van der Waals surface area (Å²) in [6.07, 6.45) is 1.54. The number of esters is 2. The van der Waals surface area contributed by atoms with E-state index in [-0.39, 0.29) is 23.8 Å². The number of ether oxygens (including phenoxy) is 1. The average Bonchev–Trinajstić information content (AvgIpc) is 2.74. The van der Waals surface area contributed by atoms with Crippen molar-refractivity contribution in [3.63, 3.8) is 0 Å². The third-order valence-electron chi connectivity index (χ3n) is 4.28. The van der Waals surface area contributed by atoms with Gasteiger partial charge in [-0.2, -0.15) is 0 Å². The topological polar surface area (TPSA) is 43.4 Å². The quantitative estimate of drug-likeness (QED) is 0.534. The van der Waals surface area contributed by atoms with Gasteiger partial charge < -0.3 is 4.74 Å². The van der Waals surface area contributed by atoms with Crippen molar-refractivity contribution in [1.82, 2.24) is 0 Å². The second kappa shape index (κ2) is 3.67. The van der Waals surface area contributed by atoms with Gasteiger partial charge in [0.15, 0.2) is 0 Å². The molecule has 1 heterocycles. The zero-order chi connectivity index (χ0) is 13.0. The van der Waals surface area contributed by atoms with Crippen LogP contribution in [0.3, 0.4) is 0 Å². The lowest BCUT2D eigenvalue weighted by molar-refractivity contribution is -0.153. The molecule has 0 spiro atoms. The lowest BCUT2D eigenvalue weighted by atomic mass is 9.75. The third-order valence-corrected chi connectivity index (χ3v) is 4.28. The molecule has 1 aliphatic carbocycles. The van der Waals surface area contributed by atoms with Crippen LogP contribution in [0, 0.1) is 5.92 Å². The maximum Gasteiger partial charge on any atom is 0.321 e. The van der Waals surface area contributed by atoms with Crippen molar-refractivity contribution in [3.05, 3.63) is 47.5 Å².